The van der Waals surface area contributed by atoms with E-state index < -0.39 is 0 Å². The first-order valence-corrected chi connectivity index (χ1v) is 5.29. The van der Waals surface area contributed by atoms with Crippen molar-refractivity contribution in [3.05, 3.63) is 41.3 Å². The molecule has 6 nitrogen and oxygen atoms in total. The topological polar surface area (TPSA) is 94.8 Å². The highest BCUT2D eigenvalue weighted by Gasteiger charge is 2.19. The number of aryl methyl sites for hydroxylation is 2. The van der Waals surface area contributed by atoms with Crippen LogP contribution in [0.4, 0.5) is 5.82 Å². The number of hydrogen-bond donors (Lipinski definition) is 3. The number of hydrazine groups is 1. The molecule has 0 aromatic carbocycles. The molecule has 2 rings (SSSR count). The van der Waals surface area contributed by atoms with Crippen molar-refractivity contribution in [3.63, 3.8) is 0 Å². The summed E-state index contributed by atoms with van der Waals surface area (Å²) in [5, 5.41) is 4.12. The summed E-state index contributed by atoms with van der Waals surface area (Å²) in [6.07, 6.45) is 5.25. The molecule has 1 unspecified atom stereocenters. The van der Waals surface area contributed by atoms with Gasteiger partial charge in [-0.3, -0.25) is 15.5 Å². The predicted octanol–water partition coefficient (Wildman–Crippen LogP) is 0.258. The first-order valence-electron chi connectivity index (χ1n) is 5.29. The van der Waals surface area contributed by atoms with Crippen LogP contribution < -0.4 is 17.0 Å². The molecule has 0 bridgehead atoms. The summed E-state index contributed by atoms with van der Waals surface area (Å²) in [4.78, 5) is 4.11. The summed E-state index contributed by atoms with van der Waals surface area (Å²) < 4.78 is 1.62. The maximum atomic E-state index is 5.95. The minimum atomic E-state index is -0.197. The van der Waals surface area contributed by atoms with Crippen molar-refractivity contribution in [3.8, 4) is 0 Å². The molecule has 90 valence electrons. The second kappa shape index (κ2) is 4.52. The fourth-order valence-electron chi connectivity index (χ4n) is 1.81. The lowest BCUT2D eigenvalue weighted by Gasteiger charge is -2.17. The number of nitrogen functional groups attached to an aromatic ring is 1. The molecule has 2 aromatic rings. The summed E-state index contributed by atoms with van der Waals surface area (Å²) in [6.45, 7) is 2.01. The lowest BCUT2D eigenvalue weighted by molar-refractivity contribution is 0.632. The van der Waals surface area contributed by atoms with Crippen LogP contribution in [0, 0.1) is 6.92 Å². The van der Waals surface area contributed by atoms with Crippen molar-refractivity contribution >= 4 is 5.82 Å². The van der Waals surface area contributed by atoms with Gasteiger partial charge in [-0.15, -0.1) is 0 Å². The van der Waals surface area contributed by atoms with Crippen LogP contribution in [0.15, 0.2) is 24.7 Å². The third-order valence-corrected chi connectivity index (χ3v) is 2.88. The minimum Gasteiger partial charge on any atom is -0.384 e. The van der Waals surface area contributed by atoms with Gasteiger partial charge >= 0.3 is 0 Å². The van der Waals surface area contributed by atoms with Gasteiger partial charge in [0.05, 0.1) is 12.2 Å². The Kier molecular flexibility index (Phi) is 3.08. The average molecular weight is 232 g/mol. The standard InChI is InChI=1S/C11H16N6/c1-7-3-4-14-5-8(7)10(16-13)9-6-15-17(2)11(9)12/h3-6,10,16H,12-13H2,1-2H3. The maximum Gasteiger partial charge on any atom is 0.126 e. The molecular formula is C11H16N6. The van der Waals surface area contributed by atoms with Gasteiger partial charge < -0.3 is 5.73 Å². The van der Waals surface area contributed by atoms with E-state index in [-0.39, 0.29) is 6.04 Å². The minimum absolute atomic E-state index is 0.197. The zero-order valence-electron chi connectivity index (χ0n) is 9.88. The highest BCUT2D eigenvalue weighted by molar-refractivity contribution is 5.46. The number of aromatic nitrogens is 3. The molecule has 1 atom stereocenters. The highest BCUT2D eigenvalue weighted by atomic mass is 15.3. The highest BCUT2D eigenvalue weighted by Crippen LogP contribution is 2.26. The number of pyridine rings is 1. The van der Waals surface area contributed by atoms with Crippen LogP contribution in [-0.4, -0.2) is 14.8 Å². The Morgan fingerprint density at radius 1 is 1.35 bits per heavy atom. The van der Waals surface area contributed by atoms with Gasteiger partial charge in [-0.2, -0.15) is 5.10 Å². The van der Waals surface area contributed by atoms with Gasteiger partial charge in [0, 0.05) is 25.0 Å². The summed E-state index contributed by atoms with van der Waals surface area (Å²) in [5.74, 6) is 6.21. The molecule has 17 heavy (non-hydrogen) atoms. The molecule has 0 aliphatic heterocycles. The van der Waals surface area contributed by atoms with E-state index in [4.69, 9.17) is 11.6 Å². The molecule has 6 heteroatoms. The van der Waals surface area contributed by atoms with Crippen LogP contribution in [0.25, 0.3) is 0 Å². The van der Waals surface area contributed by atoms with Gasteiger partial charge in [0.2, 0.25) is 0 Å². The first-order chi connectivity index (χ1) is 8.15. The lowest BCUT2D eigenvalue weighted by Crippen LogP contribution is -2.29. The Morgan fingerprint density at radius 3 is 2.65 bits per heavy atom. The zero-order valence-corrected chi connectivity index (χ0v) is 9.88. The average Bonchev–Trinajstić information content (AvgIpc) is 2.65. The van der Waals surface area contributed by atoms with Crippen LogP contribution in [0.2, 0.25) is 0 Å². The SMILES string of the molecule is Cc1ccncc1C(NN)c1cnn(C)c1N. The Bertz CT molecular complexity index is 518. The number of nitrogens with zero attached hydrogens (tertiary/aromatic N) is 3. The summed E-state index contributed by atoms with van der Waals surface area (Å²) in [7, 11) is 1.79. The van der Waals surface area contributed by atoms with Crippen LogP contribution in [-0.2, 0) is 7.05 Å². The van der Waals surface area contributed by atoms with Crippen molar-refractivity contribution in [2.45, 2.75) is 13.0 Å². The summed E-state index contributed by atoms with van der Waals surface area (Å²) in [5.41, 5.74) is 11.7. The Labute approximate surface area is 99.6 Å². The molecule has 5 N–H and O–H groups in total. The molecule has 2 heterocycles. The second-order valence-electron chi connectivity index (χ2n) is 3.94. The van der Waals surface area contributed by atoms with Gasteiger partial charge in [0.1, 0.15) is 5.82 Å². The quantitative estimate of drug-likeness (QED) is 0.521. The van der Waals surface area contributed by atoms with Gasteiger partial charge in [-0.1, -0.05) is 0 Å². The maximum absolute atomic E-state index is 5.95. The normalized spacial score (nSPS) is 12.6. The molecule has 0 amide bonds. The van der Waals surface area contributed by atoms with Crippen molar-refractivity contribution in [2.75, 3.05) is 5.73 Å². The molecular weight excluding hydrogens is 216 g/mol. The van der Waals surface area contributed by atoms with Crippen LogP contribution >= 0.6 is 0 Å². The zero-order chi connectivity index (χ0) is 12.4. The van der Waals surface area contributed by atoms with E-state index >= 15 is 0 Å². The number of rotatable bonds is 3. The predicted molar refractivity (Wildman–Crippen MR) is 65.8 cm³/mol. The molecule has 0 saturated heterocycles. The van der Waals surface area contributed by atoms with Crippen molar-refractivity contribution in [1.82, 2.24) is 20.2 Å². The summed E-state index contributed by atoms with van der Waals surface area (Å²) >= 11 is 0. The fraction of sp³-hybridized carbons (Fsp3) is 0.273. The van der Waals surface area contributed by atoms with Gasteiger partial charge in [0.15, 0.2) is 0 Å². The molecule has 0 radical (unpaired) electrons. The second-order valence-corrected chi connectivity index (χ2v) is 3.94. The van der Waals surface area contributed by atoms with Gasteiger partial charge in [0.25, 0.3) is 0 Å². The van der Waals surface area contributed by atoms with E-state index in [9.17, 15) is 0 Å². The number of nitrogens with two attached hydrogens (primary N) is 2. The number of hydrogen-bond acceptors (Lipinski definition) is 5. The van der Waals surface area contributed by atoms with E-state index in [2.05, 4.69) is 15.5 Å². The van der Waals surface area contributed by atoms with E-state index in [1.165, 1.54) is 0 Å². The Balaban J connectivity index is 2.48. The van der Waals surface area contributed by atoms with Crippen LogP contribution in [0.1, 0.15) is 22.7 Å². The monoisotopic (exact) mass is 232 g/mol. The number of anilines is 1. The van der Waals surface area contributed by atoms with Crippen molar-refractivity contribution in [2.24, 2.45) is 12.9 Å². The first kappa shape index (κ1) is 11.6. The van der Waals surface area contributed by atoms with Crippen LogP contribution in [0.3, 0.4) is 0 Å². The third-order valence-electron chi connectivity index (χ3n) is 2.88. The van der Waals surface area contributed by atoms with E-state index in [1.807, 2.05) is 13.0 Å². The smallest absolute Gasteiger partial charge is 0.126 e. The fourth-order valence-corrected chi connectivity index (χ4v) is 1.81. The van der Waals surface area contributed by atoms with Crippen LogP contribution in [0.5, 0.6) is 0 Å². The van der Waals surface area contributed by atoms with E-state index in [0.29, 0.717) is 5.82 Å². The number of nitrogens with one attached hydrogen (secondary N) is 1. The Morgan fingerprint density at radius 2 is 2.12 bits per heavy atom. The summed E-state index contributed by atoms with van der Waals surface area (Å²) in [6, 6.07) is 1.74. The van der Waals surface area contributed by atoms with E-state index in [1.54, 1.807) is 30.3 Å². The van der Waals surface area contributed by atoms with E-state index in [0.717, 1.165) is 16.7 Å². The van der Waals surface area contributed by atoms with Crippen molar-refractivity contribution in [1.29, 1.82) is 0 Å². The molecule has 2 aromatic heterocycles. The molecule has 0 saturated carbocycles. The van der Waals surface area contributed by atoms with Gasteiger partial charge in [-0.25, -0.2) is 5.43 Å². The Hall–Kier alpha value is -1.92. The largest absolute Gasteiger partial charge is 0.384 e. The molecule has 0 aliphatic rings. The van der Waals surface area contributed by atoms with Gasteiger partial charge in [-0.05, 0) is 24.1 Å². The molecule has 0 spiro atoms. The van der Waals surface area contributed by atoms with Crippen molar-refractivity contribution < 1.29 is 0 Å². The molecule has 0 aliphatic carbocycles. The third kappa shape index (κ3) is 2.00. The lowest BCUT2D eigenvalue weighted by atomic mass is 9.99. The molecule has 0 fully saturated rings.